The van der Waals surface area contributed by atoms with E-state index in [2.05, 4.69) is 29.7 Å². The SMILES string of the molecule is CCN1CCN(CCC(C)(C)C#N)CC1C. The largest absolute Gasteiger partial charge is 0.300 e. The van der Waals surface area contributed by atoms with Gasteiger partial charge in [-0.25, -0.2) is 0 Å². The molecule has 92 valence electrons. The quantitative estimate of drug-likeness (QED) is 0.730. The average Bonchev–Trinajstić information content (AvgIpc) is 2.27. The molecule has 1 heterocycles. The van der Waals surface area contributed by atoms with Gasteiger partial charge >= 0.3 is 0 Å². The van der Waals surface area contributed by atoms with Gasteiger partial charge in [-0.3, -0.25) is 4.90 Å². The molecular formula is C13H25N3. The van der Waals surface area contributed by atoms with E-state index in [0.717, 1.165) is 32.6 Å². The molecule has 3 heteroatoms. The maximum absolute atomic E-state index is 8.98. The summed E-state index contributed by atoms with van der Waals surface area (Å²) in [6.45, 7) is 14.3. The minimum absolute atomic E-state index is 0.175. The summed E-state index contributed by atoms with van der Waals surface area (Å²) in [5, 5.41) is 8.98. The summed E-state index contributed by atoms with van der Waals surface area (Å²) in [6.07, 6.45) is 0.975. The number of nitrogens with zero attached hydrogens (tertiary/aromatic N) is 3. The molecule has 0 aromatic carbocycles. The third kappa shape index (κ3) is 3.77. The van der Waals surface area contributed by atoms with Crippen molar-refractivity contribution in [3.63, 3.8) is 0 Å². The Morgan fingerprint density at radius 2 is 2.06 bits per heavy atom. The van der Waals surface area contributed by atoms with Crippen LogP contribution < -0.4 is 0 Å². The molecule has 0 saturated carbocycles. The molecule has 0 N–H and O–H groups in total. The molecule has 0 bridgehead atoms. The second-order valence-corrected chi connectivity index (χ2v) is 5.52. The zero-order valence-electron chi connectivity index (χ0n) is 11.2. The molecule has 1 aliphatic rings. The highest BCUT2D eigenvalue weighted by Crippen LogP contribution is 2.20. The summed E-state index contributed by atoms with van der Waals surface area (Å²) in [7, 11) is 0. The van der Waals surface area contributed by atoms with Crippen LogP contribution in [0.2, 0.25) is 0 Å². The lowest BCUT2D eigenvalue weighted by molar-refractivity contribution is 0.0825. The molecule has 0 amide bonds. The van der Waals surface area contributed by atoms with Crippen LogP contribution in [0.1, 0.15) is 34.1 Å². The predicted molar refractivity (Wildman–Crippen MR) is 67.2 cm³/mol. The maximum atomic E-state index is 8.98. The van der Waals surface area contributed by atoms with E-state index in [4.69, 9.17) is 5.26 Å². The molecule has 1 unspecified atom stereocenters. The highest BCUT2D eigenvalue weighted by atomic mass is 15.3. The van der Waals surface area contributed by atoms with Gasteiger partial charge < -0.3 is 4.90 Å². The molecule has 0 aromatic heterocycles. The third-order valence-corrected chi connectivity index (χ3v) is 3.61. The first-order chi connectivity index (χ1) is 7.48. The first kappa shape index (κ1) is 13.5. The van der Waals surface area contributed by atoms with Crippen molar-refractivity contribution in [3.05, 3.63) is 0 Å². The van der Waals surface area contributed by atoms with Gasteiger partial charge in [-0.15, -0.1) is 0 Å². The Kier molecular flexibility index (Phi) is 4.76. The van der Waals surface area contributed by atoms with Crippen LogP contribution in [0, 0.1) is 16.7 Å². The first-order valence-corrected chi connectivity index (χ1v) is 6.36. The molecule has 1 saturated heterocycles. The Labute approximate surface area is 100 Å². The molecule has 3 nitrogen and oxygen atoms in total. The van der Waals surface area contributed by atoms with E-state index in [1.54, 1.807) is 0 Å². The second kappa shape index (κ2) is 5.65. The van der Waals surface area contributed by atoms with Crippen LogP contribution in [0.25, 0.3) is 0 Å². The Balaban J connectivity index is 2.34. The lowest BCUT2D eigenvalue weighted by Crippen LogP contribution is -2.52. The smallest absolute Gasteiger partial charge is 0.0684 e. The van der Waals surface area contributed by atoms with E-state index in [1.807, 2.05) is 13.8 Å². The Bertz CT molecular complexity index is 254. The van der Waals surface area contributed by atoms with Gasteiger partial charge in [0.25, 0.3) is 0 Å². The van der Waals surface area contributed by atoms with E-state index >= 15 is 0 Å². The summed E-state index contributed by atoms with van der Waals surface area (Å²) in [5.74, 6) is 0. The number of hydrogen-bond acceptors (Lipinski definition) is 3. The van der Waals surface area contributed by atoms with Crippen molar-refractivity contribution >= 4 is 0 Å². The monoisotopic (exact) mass is 223 g/mol. The Morgan fingerprint density at radius 1 is 1.38 bits per heavy atom. The fraction of sp³-hybridized carbons (Fsp3) is 0.923. The summed E-state index contributed by atoms with van der Waals surface area (Å²) in [5.41, 5.74) is -0.175. The van der Waals surface area contributed by atoms with Crippen molar-refractivity contribution in [2.24, 2.45) is 5.41 Å². The van der Waals surface area contributed by atoms with E-state index in [9.17, 15) is 0 Å². The zero-order chi connectivity index (χ0) is 12.2. The molecule has 0 spiro atoms. The first-order valence-electron chi connectivity index (χ1n) is 6.36. The van der Waals surface area contributed by atoms with Crippen LogP contribution in [0.3, 0.4) is 0 Å². The van der Waals surface area contributed by atoms with Gasteiger partial charge in [0, 0.05) is 25.7 Å². The van der Waals surface area contributed by atoms with Crippen LogP contribution in [-0.4, -0.2) is 48.6 Å². The van der Waals surface area contributed by atoms with Crippen molar-refractivity contribution in [3.8, 4) is 6.07 Å². The minimum atomic E-state index is -0.175. The molecule has 0 aliphatic carbocycles. The molecular weight excluding hydrogens is 198 g/mol. The van der Waals surface area contributed by atoms with Crippen LogP contribution in [-0.2, 0) is 0 Å². The summed E-state index contributed by atoms with van der Waals surface area (Å²) < 4.78 is 0. The topological polar surface area (TPSA) is 30.3 Å². The average molecular weight is 223 g/mol. The highest BCUT2D eigenvalue weighted by Gasteiger charge is 2.24. The standard InChI is InChI=1S/C13H25N3/c1-5-16-9-8-15(10-12(16)2)7-6-13(3,4)11-14/h12H,5-10H2,1-4H3. The number of piperazine rings is 1. The Morgan fingerprint density at radius 3 is 2.56 bits per heavy atom. The van der Waals surface area contributed by atoms with E-state index < -0.39 is 0 Å². The molecule has 1 atom stereocenters. The van der Waals surface area contributed by atoms with Gasteiger partial charge in [-0.05, 0) is 40.3 Å². The lowest BCUT2D eigenvalue weighted by Gasteiger charge is -2.39. The molecule has 1 aliphatic heterocycles. The number of likely N-dealkylation sites (N-methyl/N-ethyl adjacent to an activating group) is 1. The molecule has 0 aromatic rings. The van der Waals surface area contributed by atoms with Crippen LogP contribution in [0.15, 0.2) is 0 Å². The molecule has 1 rings (SSSR count). The number of rotatable bonds is 4. The van der Waals surface area contributed by atoms with Gasteiger partial charge in [-0.1, -0.05) is 6.92 Å². The van der Waals surface area contributed by atoms with E-state index in [1.165, 1.54) is 6.54 Å². The third-order valence-electron chi connectivity index (χ3n) is 3.61. The second-order valence-electron chi connectivity index (χ2n) is 5.52. The van der Waals surface area contributed by atoms with Crippen molar-refractivity contribution in [2.45, 2.75) is 40.2 Å². The molecule has 1 fully saturated rings. The Hall–Kier alpha value is -0.590. The number of hydrogen-bond donors (Lipinski definition) is 0. The van der Waals surface area contributed by atoms with Crippen molar-refractivity contribution in [1.29, 1.82) is 5.26 Å². The van der Waals surface area contributed by atoms with Crippen molar-refractivity contribution < 1.29 is 0 Å². The minimum Gasteiger partial charge on any atom is -0.300 e. The van der Waals surface area contributed by atoms with Gasteiger partial charge in [0.05, 0.1) is 11.5 Å². The van der Waals surface area contributed by atoms with Crippen molar-refractivity contribution in [1.82, 2.24) is 9.80 Å². The van der Waals surface area contributed by atoms with Crippen LogP contribution in [0.4, 0.5) is 0 Å². The van der Waals surface area contributed by atoms with Gasteiger partial charge in [-0.2, -0.15) is 5.26 Å². The van der Waals surface area contributed by atoms with Crippen LogP contribution in [0.5, 0.6) is 0 Å². The van der Waals surface area contributed by atoms with Gasteiger partial charge in [0.1, 0.15) is 0 Å². The highest BCUT2D eigenvalue weighted by molar-refractivity contribution is 4.92. The summed E-state index contributed by atoms with van der Waals surface area (Å²) >= 11 is 0. The van der Waals surface area contributed by atoms with Gasteiger partial charge in [0.2, 0.25) is 0 Å². The maximum Gasteiger partial charge on any atom is 0.0684 e. The van der Waals surface area contributed by atoms with E-state index in [-0.39, 0.29) is 5.41 Å². The fourth-order valence-electron chi connectivity index (χ4n) is 2.24. The van der Waals surface area contributed by atoms with Gasteiger partial charge in [0.15, 0.2) is 0 Å². The lowest BCUT2D eigenvalue weighted by atomic mass is 9.91. The zero-order valence-corrected chi connectivity index (χ0v) is 11.2. The normalized spacial score (nSPS) is 24.3. The fourth-order valence-corrected chi connectivity index (χ4v) is 2.24. The number of nitriles is 1. The predicted octanol–water partition coefficient (Wildman–Crippen LogP) is 1.95. The molecule has 16 heavy (non-hydrogen) atoms. The molecule has 0 radical (unpaired) electrons. The van der Waals surface area contributed by atoms with Crippen LogP contribution >= 0.6 is 0 Å². The summed E-state index contributed by atoms with van der Waals surface area (Å²) in [4.78, 5) is 5.02. The summed E-state index contributed by atoms with van der Waals surface area (Å²) in [6, 6.07) is 3.03. The van der Waals surface area contributed by atoms with Crippen molar-refractivity contribution in [2.75, 3.05) is 32.7 Å². The van der Waals surface area contributed by atoms with E-state index in [0.29, 0.717) is 6.04 Å².